The molecule has 2 aromatic heterocycles. The third-order valence-corrected chi connectivity index (χ3v) is 5.05. The number of pyridine rings is 1. The van der Waals surface area contributed by atoms with E-state index in [0.717, 1.165) is 11.3 Å². The molecule has 1 fully saturated rings. The standard InChI is InChI=1S/C21H24N6O3/c1-15-4-5-20(27-23-6-7-24-27)19(10-15)21(28)25-8-9-26(30-14-16(25)2)17-11-18(29-3)13-22-12-17/h4-7,10-13,16H,8-9,14H2,1-3H3/t16-/m1/s1. The summed E-state index contributed by atoms with van der Waals surface area (Å²) in [6.45, 7) is 5.31. The van der Waals surface area contributed by atoms with Gasteiger partial charge in [-0.2, -0.15) is 15.0 Å². The number of amides is 1. The molecule has 1 aliphatic rings. The molecule has 9 nitrogen and oxygen atoms in total. The first-order valence-corrected chi connectivity index (χ1v) is 9.74. The third-order valence-electron chi connectivity index (χ3n) is 5.05. The minimum absolute atomic E-state index is 0.0762. The number of hydrogen-bond acceptors (Lipinski definition) is 7. The Balaban J connectivity index is 1.59. The highest BCUT2D eigenvalue weighted by Gasteiger charge is 2.29. The molecule has 30 heavy (non-hydrogen) atoms. The summed E-state index contributed by atoms with van der Waals surface area (Å²) in [4.78, 5) is 27.0. The average molecular weight is 408 g/mol. The van der Waals surface area contributed by atoms with Crippen LogP contribution in [0.25, 0.3) is 5.69 Å². The molecule has 4 rings (SSSR count). The zero-order valence-corrected chi connectivity index (χ0v) is 17.2. The summed E-state index contributed by atoms with van der Waals surface area (Å²) in [5.74, 6) is 0.574. The highest BCUT2D eigenvalue weighted by atomic mass is 16.7. The molecule has 9 heteroatoms. The molecule has 1 aliphatic heterocycles. The van der Waals surface area contributed by atoms with E-state index in [9.17, 15) is 4.79 Å². The Hall–Kier alpha value is -3.46. The number of nitrogens with zero attached hydrogens (tertiary/aromatic N) is 6. The van der Waals surface area contributed by atoms with Gasteiger partial charge in [0.25, 0.3) is 5.91 Å². The van der Waals surface area contributed by atoms with Crippen LogP contribution in [0.5, 0.6) is 5.75 Å². The van der Waals surface area contributed by atoms with Gasteiger partial charge >= 0.3 is 0 Å². The molecule has 156 valence electrons. The number of hydrogen-bond donors (Lipinski definition) is 0. The lowest BCUT2D eigenvalue weighted by Gasteiger charge is -2.26. The van der Waals surface area contributed by atoms with Crippen molar-refractivity contribution in [1.29, 1.82) is 0 Å². The monoisotopic (exact) mass is 408 g/mol. The van der Waals surface area contributed by atoms with Gasteiger partial charge in [-0.15, -0.1) is 0 Å². The van der Waals surface area contributed by atoms with Crippen molar-refractivity contribution in [2.45, 2.75) is 19.9 Å². The lowest BCUT2D eigenvalue weighted by molar-refractivity contribution is 0.0601. The first kappa shape index (κ1) is 19.8. The van der Waals surface area contributed by atoms with E-state index in [1.165, 1.54) is 4.80 Å². The molecule has 0 bridgehead atoms. The zero-order chi connectivity index (χ0) is 21.1. The van der Waals surface area contributed by atoms with E-state index in [4.69, 9.17) is 9.57 Å². The molecule has 1 atom stereocenters. The topological polar surface area (TPSA) is 85.6 Å². The number of anilines is 1. The second kappa shape index (κ2) is 8.50. The number of rotatable bonds is 4. The van der Waals surface area contributed by atoms with Gasteiger partial charge in [-0.25, -0.2) is 0 Å². The number of carbonyl (C=O) groups is 1. The van der Waals surface area contributed by atoms with Crippen molar-refractivity contribution in [3.05, 3.63) is 60.2 Å². The molecule has 1 amide bonds. The van der Waals surface area contributed by atoms with Crippen LogP contribution in [0.1, 0.15) is 22.8 Å². The molecule has 3 aromatic rings. The largest absolute Gasteiger partial charge is 0.495 e. The van der Waals surface area contributed by atoms with Crippen LogP contribution in [0.4, 0.5) is 5.69 Å². The predicted octanol–water partition coefficient (Wildman–Crippen LogP) is 2.26. The Bertz CT molecular complexity index is 1020. The van der Waals surface area contributed by atoms with Gasteiger partial charge in [-0.3, -0.25) is 19.7 Å². The maximum Gasteiger partial charge on any atom is 0.256 e. The van der Waals surface area contributed by atoms with Crippen molar-refractivity contribution in [3.8, 4) is 11.4 Å². The van der Waals surface area contributed by atoms with E-state index in [1.54, 1.807) is 37.0 Å². The quantitative estimate of drug-likeness (QED) is 0.655. The molecular weight excluding hydrogens is 384 g/mol. The fourth-order valence-corrected chi connectivity index (χ4v) is 3.42. The van der Waals surface area contributed by atoms with Crippen LogP contribution in [0.3, 0.4) is 0 Å². The molecule has 3 heterocycles. The second-order valence-electron chi connectivity index (χ2n) is 7.17. The molecule has 0 aliphatic carbocycles. The van der Waals surface area contributed by atoms with Crippen LogP contribution in [-0.4, -0.2) is 63.6 Å². The van der Waals surface area contributed by atoms with E-state index < -0.39 is 0 Å². The van der Waals surface area contributed by atoms with Gasteiger partial charge in [-0.1, -0.05) is 11.6 Å². The summed E-state index contributed by atoms with van der Waals surface area (Å²) >= 11 is 0. The van der Waals surface area contributed by atoms with E-state index in [1.807, 2.05) is 43.0 Å². The van der Waals surface area contributed by atoms with Gasteiger partial charge in [0.2, 0.25) is 0 Å². The third kappa shape index (κ3) is 3.97. The van der Waals surface area contributed by atoms with Crippen molar-refractivity contribution >= 4 is 11.6 Å². The molecule has 0 saturated carbocycles. The van der Waals surface area contributed by atoms with E-state index in [2.05, 4.69) is 15.2 Å². The Morgan fingerprint density at radius 1 is 1.17 bits per heavy atom. The van der Waals surface area contributed by atoms with Crippen LogP contribution in [0.2, 0.25) is 0 Å². The van der Waals surface area contributed by atoms with Crippen LogP contribution < -0.4 is 9.80 Å². The van der Waals surface area contributed by atoms with Gasteiger partial charge in [-0.05, 0) is 26.0 Å². The minimum Gasteiger partial charge on any atom is -0.495 e. The first-order valence-electron chi connectivity index (χ1n) is 9.74. The number of ether oxygens (including phenoxy) is 1. The van der Waals surface area contributed by atoms with Gasteiger partial charge in [0.15, 0.2) is 0 Å². The van der Waals surface area contributed by atoms with Gasteiger partial charge < -0.3 is 9.64 Å². The fourth-order valence-electron chi connectivity index (χ4n) is 3.42. The number of hydroxylamine groups is 1. The summed E-state index contributed by atoms with van der Waals surface area (Å²) in [7, 11) is 1.60. The van der Waals surface area contributed by atoms with E-state index in [0.29, 0.717) is 36.7 Å². The summed E-state index contributed by atoms with van der Waals surface area (Å²) in [5, 5.41) is 10.1. The highest BCUT2D eigenvalue weighted by Crippen LogP contribution is 2.24. The molecule has 1 aromatic carbocycles. The normalized spacial score (nSPS) is 17.0. The number of methoxy groups -OCH3 is 1. The lowest BCUT2D eigenvalue weighted by atomic mass is 10.1. The first-order chi connectivity index (χ1) is 14.6. The minimum atomic E-state index is -0.111. The Kier molecular flexibility index (Phi) is 5.62. The maximum absolute atomic E-state index is 13.5. The molecular formula is C21H24N6O3. The fraction of sp³-hybridized carbons (Fsp3) is 0.333. The molecule has 1 saturated heterocycles. The number of aryl methyl sites for hydroxylation is 1. The SMILES string of the molecule is COc1cncc(N2CCN(C(=O)c3cc(C)ccc3-n3nccn3)[C@H](C)CO2)c1. The van der Waals surface area contributed by atoms with Crippen molar-refractivity contribution in [2.75, 3.05) is 31.9 Å². The van der Waals surface area contributed by atoms with Crippen molar-refractivity contribution < 1.29 is 14.4 Å². The highest BCUT2D eigenvalue weighted by molar-refractivity contribution is 5.98. The van der Waals surface area contributed by atoms with Gasteiger partial charge in [0.1, 0.15) is 5.75 Å². The van der Waals surface area contributed by atoms with Crippen LogP contribution in [-0.2, 0) is 4.84 Å². The number of aromatic nitrogens is 4. The van der Waals surface area contributed by atoms with Crippen molar-refractivity contribution in [3.63, 3.8) is 0 Å². The smallest absolute Gasteiger partial charge is 0.256 e. The van der Waals surface area contributed by atoms with Crippen molar-refractivity contribution in [1.82, 2.24) is 24.9 Å². The van der Waals surface area contributed by atoms with E-state index in [-0.39, 0.29) is 11.9 Å². The predicted molar refractivity (Wildman–Crippen MR) is 111 cm³/mol. The maximum atomic E-state index is 13.5. The van der Waals surface area contributed by atoms with Crippen molar-refractivity contribution in [2.24, 2.45) is 0 Å². The summed E-state index contributed by atoms with van der Waals surface area (Å²) in [6.07, 6.45) is 6.54. The number of benzene rings is 1. The van der Waals surface area contributed by atoms with Crippen LogP contribution >= 0.6 is 0 Å². The average Bonchev–Trinajstić information content (AvgIpc) is 3.23. The molecule has 0 unspecified atom stereocenters. The summed E-state index contributed by atoms with van der Waals surface area (Å²) in [6, 6.07) is 7.44. The van der Waals surface area contributed by atoms with Crippen LogP contribution in [0, 0.1) is 6.92 Å². The zero-order valence-electron chi connectivity index (χ0n) is 17.2. The molecule has 0 radical (unpaired) electrons. The van der Waals surface area contributed by atoms with E-state index >= 15 is 0 Å². The second-order valence-corrected chi connectivity index (χ2v) is 7.17. The molecule has 0 spiro atoms. The van der Waals surface area contributed by atoms with Gasteiger partial charge in [0.05, 0.1) is 68.0 Å². The summed E-state index contributed by atoms with van der Waals surface area (Å²) in [5.41, 5.74) is 3.00. The number of carbonyl (C=O) groups excluding carboxylic acids is 1. The van der Waals surface area contributed by atoms with Gasteiger partial charge in [0, 0.05) is 12.6 Å². The Labute approximate surface area is 174 Å². The molecule has 0 N–H and O–H groups in total. The summed E-state index contributed by atoms with van der Waals surface area (Å²) < 4.78 is 5.25. The Morgan fingerprint density at radius 2 is 1.97 bits per heavy atom. The Morgan fingerprint density at radius 3 is 2.73 bits per heavy atom. The lowest BCUT2D eigenvalue weighted by Crippen LogP contribution is -2.41. The van der Waals surface area contributed by atoms with Crippen LogP contribution in [0.15, 0.2) is 49.1 Å².